The van der Waals surface area contributed by atoms with Gasteiger partial charge in [0.15, 0.2) is 0 Å². The predicted molar refractivity (Wildman–Crippen MR) is 54.3 cm³/mol. The van der Waals surface area contributed by atoms with Crippen LogP contribution in [0.5, 0.6) is 0 Å². The van der Waals surface area contributed by atoms with E-state index < -0.39 is 0 Å². The van der Waals surface area contributed by atoms with Crippen molar-refractivity contribution in [2.24, 2.45) is 0 Å². The number of hydrogen-bond donors (Lipinski definition) is 1. The number of carbonyl (C=O) groups excluding carboxylic acids is 1. The average molecular weight is 177 g/mol. The lowest BCUT2D eigenvalue weighted by atomic mass is 10.1. The third-order valence-electron chi connectivity index (χ3n) is 1.78. The van der Waals surface area contributed by atoms with Crippen molar-refractivity contribution in [1.29, 1.82) is 0 Å². The molecule has 2 nitrogen and oxygen atoms in total. The van der Waals surface area contributed by atoms with Crippen molar-refractivity contribution < 1.29 is 4.79 Å². The fourth-order valence-corrected chi connectivity index (χ4v) is 1.22. The molecule has 0 atom stereocenters. The lowest BCUT2D eigenvalue weighted by molar-refractivity contribution is -0.116. The smallest absolute Gasteiger partial charge is 0.133 e. The highest BCUT2D eigenvalue weighted by Crippen LogP contribution is 2.08. The van der Waals surface area contributed by atoms with E-state index in [9.17, 15) is 4.79 Å². The van der Waals surface area contributed by atoms with E-state index in [1.807, 2.05) is 24.4 Å². The first-order valence-electron chi connectivity index (χ1n) is 4.51. The molecular weight excluding hydrogens is 162 g/mol. The minimum atomic E-state index is 0.216. The molecule has 0 fully saturated rings. The topological polar surface area (TPSA) is 29.1 Å². The molecular formula is C11H15NO. The summed E-state index contributed by atoms with van der Waals surface area (Å²) in [6, 6.07) is 0. The first kappa shape index (κ1) is 9.78. The zero-order valence-corrected chi connectivity index (χ0v) is 7.92. The van der Waals surface area contributed by atoms with Gasteiger partial charge in [0, 0.05) is 13.0 Å². The third kappa shape index (κ3) is 4.31. The average Bonchev–Trinajstić information content (AvgIpc) is 2.17. The summed E-state index contributed by atoms with van der Waals surface area (Å²) in [6.07, 6.45) is 11.5. The summed E-state index contributed by atoms with van der Waals surface area (Å²) >= 11 is 0. The Kier molecular flexibility index (Phi) is 4.03. The van der Waals surface area contributed by atoms with Gasteiger partial charge in [-0.3, -0.25) is 4.79 Å². The van der Waals surface area contributed by atoms with Crippen LogP contribution in [0.1, 0.15) is 19.8 Å². The van der Waals surface area contributed by atoms with Crippen molar-refractivity contribution in [2.45, 2.75) is 19.8 Å². The number of ketones is 1. The van der Waals surface area contributed by atoms with E-state index in [4.69, 9.17) is 0 Å². The van der Waals surface area contributed by atoms with Crippen LogP contribution in [0.3, 0.4) is 0 Å². The molecule has 13 heavy (non-hydrogen) atoms. The minimum Gasteiger partial charge on any atom is -0.387 e. The first-order chi connectivity index (χ1) is 6.29. The maximum absolute atomic E-state index is 10.9. The Hall–Kier alpha value is -1.31. The predicted octanol–water partition coefficient (Wildman–Crippen LogP) is 1.96. The monoisotopic (exact) mass is 177 g/mol. The van der Waals surface area contributed by atoms with Crippen molar-refractivity contribution in [3.8, 4) is 0 Å². The molecule has 2 heteroatoms. The van der Waals surface area contributed by atoms with Crippen LogP contribution in [0, 0.1) is 0 Å². The second-order valence-electron chi connectivity index (χ2n) is 3.15. The number of nitrogens with one attached hydrogen (secondary N) is 1. The molecule has 0 amide bonds. The number of carbonyl (C=O) groups is 1. The minimum absolute atomic E-state index is 0.216. The Morgan fingerprint density at radius 2 is 2.23 bits per heavy atom. The summed E-state index contributed by atoms with van der Waals surface area (Å²) in [5.74, 6) is 0.216. The van der Waals surface area contributed by atoms with E-state index in [-0.39, 0.29) is 5.78 Å². The van der Waals surface area contributed by atoms with E-state index >= 15 is 0 Å². The van der Waals surface area contributed by atoms with E-state index in [1.54, 1.807) is 6.92 Å². The highest BCUT2D eigenvalue weighted by molar-refractivity contribution is 5.78. The summed E-state index contributed by atoms with van der Waals surface area (Å²) in [5, 5.41) is 3.14. The zero-order valence-electron chi connectivity index (χ0n) is 7.92. The van der Waals surface area contributed by atoms with Gasteiger partial charge in [-0.15, -0.1) is 0 Å². The van der Waals surface area contributed by atoms with E-state index in [1.165, 1.54) is 0 Å². The van der Waals surface area contributed by atoms with E-state index in [0.717, 1.165) is 18.5 Å². The summed E-state index contributed by atoms with van der Waals surface area (Å²) in [5.41, 5.74) is 1.15. The number of allylic oxidation sites excluding steroid dienone is 4. The molecule has 0 aliphatic carbocycles. The van der Waals surface area contributed by atoms with Crippen LogP contribution in [-0.4, -0.2) is 12.3 Å². The zero-order chi connectivity index (χ0) is 9.52. The molecule has 0 saturated carbocycles. The summed E-state index contributed by atoms with van der Waals surface area (Å²) < 4.78 is 0. The van der Waals surface area contributed by atoms with Gasteiger partial charge in [0.25, 0.3) is 0 Å². The summed E-state index contributed by atoms with van der Waals surface area (Å²) in [6.45, 7) is 2.45. The van der Waals surface area contributed by atoms with Crippen molar-refractivity contribution in [2.75, 3.05) is 6.54 Å². The fraction of sp³-hybridized carbons (Fsp3) is 0.364. The van der Waals surface area contributed by atoms with Gasteiger partial charge in [0.2, 0.25) is 0 Å². The van der Waals surface area contributed by atoms with Crippen LogP contribution in [0.4, 0.5) is 0 Å². The SMILES string of the molecule is CC(=O)C/C1=C/NC/C=C\C=C/C1. The molecule has 0 unspecified atom stereocenters. The third-order valence-corrected chi connectivity index (χ3v) is 1.78. The lowest BCUT2D eigenvalue weighted by Gasteiger charge is -2.02. The van der Waals surface area contributed by atoms with Crippen molar-refractivity contribution in [3.05, 3.63) is 36.1 Å². The molecule has 0 saturated heterocycles. The van der Waals surface area contributed by atoms with Crippen molar-refractivity contribution >= 4 is 5.78 Å². The van der Waals surface area contributed by atoms with Gasteiger partial charge in [-0.1, -0.05) is 24.3 Å². The van der Waals surface area contributed by atoms with E-state index in [2.05, 4.69) is 11.4 Å². The van der Waals surface area contributed by atoms with Gasteiger partial charge in [-0.2, -0.15) is 0 Å². The Labute approximate surface area is 79.0 Å². The number of Topliss-reactive ketones (excluding diaryl/α,β-unsaturated/α-hetero) is 1. The molecule has 0 bridgehead atoms. The van der Waals surface area contributed by atoms with Crippen LogP contribution >= 0.6 is 0 Å². The van der Waals surface area contributed by atoms with Crippen molar-refractivity contribution in [3.63, 3.8) is 0 Å². The molecule has 1 N–H and O–H groups in total. The number of hydrogen-bond acceptors (Lipinski definition) is 2. The Balaban J connectivity index is 2.56. The maximum atomic E-state index is 10.9. The van der Waals surface area contributed by atoms with Crippen LogP contribution < -0.4 is 5.32 Å². The van der Waals surface area contributed by atoms with Crippen molar-refractivity contribution in [1.82, 2.24) is 5.32 Å². The Morgan fingerprint density at radius 3 is 3.00 bits per heavy atom. The highest BCUT2D eigenvalue weighted by atomic mass is 16.1. The first-order valence-corrected chi connectivity index (χ1v) is 4.51. The van der Waals surface area contributed by atoms with Gasteiger partial charge in [-0.25, -0.2) is 0 Å². The van der Waals surface area contributed by atoms with Gasteiger partial charge in [0.1, 0.15) is 5.78 Å². The Morgan fingerprint density at radius 1 is 1.46 bits per heavy atom. The van der Waals surface area contributed by atoms with Gasteiger partial charge in [-0.05, 0) is 25.1 Å². The van der Waals surface area contributed by atoms with Crippen LogP contribution in [0.15, 0.2) is 36.1 Å². The molecule has 0 aromatic heterocycles. The number of rotatable bonds is 2. The normalized spacial score (nSPS) is 25.5. The molecule has 1 aliphatic rings. The molecule has 70 valence electrons. The fourth-order valence-electron chi connectivity index (χ4n) is 1.22. The van der Waals surface area contributed by atoms with Gasteiger partial charge >= 0.3 is 0 Å². The largest absolute Gasteiger partial charge is 0.387 e. The van der Waals surface area contributed by atoms with Gasteiger partial charge in [0.05, 0.1) is 0 Å². The summed E-state index contributed by atoms with van der Waals surface area (Å²) in [7, 11) is 0. The second-order valence-corrected chi connectivity index (χ2v) is 3.15. The van der Waals surface area contributed by atoms with Crippen LogP contribution in [-0.2, 0) is 4.79 Å². The molecule has 0 radical (unpaired) electrons. The molecule has 1 rings (SSSR count). The second kappa shape index (κ2) is 5.36. The maximum Gasteiger partial charge on any atom is 0.133 e. The molecule has 1 aliphatic heterocycles. The molecule has 0 spiro atoms. The van der Waals surface area contributed by atoms with Crippen LogP contribution in [0.25, 0.3) is 0 Å². The van der Waals surface area contributed by atoms with Gasteiger partial charge < -0.3 is 5.32 Å². The lowest BCUT2D eigenvalue weighted by Crippen LogP contribution is -2.06. The molecule has 0 aromatic rings. The highest BCUT2D eigenvalue weighted by Gasteiger charge is 1.99. The molecule has 0 aromatic carbocycles. The van der Waals surface area contributed by atoms with E-state index in [0.29, 0.717) is 6.42 Å². The summed E-state index contributed by atoms with van der Waals surface area (Å²) in [4.78, 5) is 10.9. The standard InChI is InChI=1S/C11H15NO/c1-10(13)8-11-6-4-2-3-5-7-12-9-11/h2-5,9,12H,6-8H2,1H3/b4-2-,5-3-,11-9+. The Bertz CT molecular complexity index is 261. The van der Waals surface area contributed by atoms with Crippen LogP contribution in [0.2, 0.25) is 0 Å². The quantitative estimate of drug-likeness (QED) is 0.698. The molecule has 1 heterocycles.